The number of phenols is 1. The van der Waals surface area contributed by atoms with Crippen LogP contribution in [0.2, 0.25) is 0 Å². The third kappa shape index (κ3) is 2.06. The van der Waals surface area contributed by atoms with Crippen molar-refractivity contribution in [2.45, 2.75) is 6.92 Å². The number of hydrogen-bond acceptors (Lipinski definition) is 4. The zero-order chi connectivity index (χ0) is 11.5. The van der Waals surface area contributed by atoms with Gasteiger partial charge in [-0.3, -0.25) is 0 Å². The molecule has 2 rings (SSSR count). The topological polar surface area (TPSA) is 71.2 Å². The summed E-state index contributed by atoms with van der Waals surface area (Å²) < 4.78 is 0. The van der Waals surface area contributed by atoms with Crippen molar-refractivity contribution in [1.82, 2.24) is 4.98 Å². The Morgan fingerprint density at radius 2 is 1.88 bits per heavy atom. The highest BCUT2D eigenvalue weighted by atomic mass is 16.3. The molecule has 1 aromatic heterocycles. The summed E-state index contributed by atoms with van der Waals surface area (Å²) in [5, 5.41) is 12.2. The van der Waals surface area contributed by atoms with Crippen molar-refractivity contribution in [3.63, 3.8) is 0 Å². The first-order valence-electron chi connectivity index (χ1n) is 4.94. The number of aromatic hydroxyl groups is 1. The predicted octanol–water partition coefficient (Wildman–Crippen LogP) is 2.42. The Morgan fingerprint density at radius 1 is 1.19 bits per heavy atom. The van der Waals surface area contributed by atoms with Crippen LogP contribution in [0.3, 0.4) is 0 Å². The Kier molecular flexibility index (Phi) is 2.64. The van der Waals surface area contributed by atoms with E-state index in [1.54, 1.807) is 30.5 Å². The number of nitrogen functional groups attached to an aromatic ring is 1. The van der Waals surface area contributed by atoms with E-state index in [1.807, 2.05) is 13.0 Å². The van der Waals surface area contributed by atoms with Crippen LogP contribution in [-0.4, -0.2) is 10.1 Å². The van der Waals surface area contributed by atoms with Gasteiger partial charge in [-0.05, 0) is 42.8 Å². The first kappa shape index (κ1) is 10.3. The standard InChI is InChI=1S/C12H13N3O/c1-8-6-7-14-12(11(8)13)15-9-2-4-10(16)5-3-9/h2-7,16H,13H2,1H3,(H,14,15). The first-order valence-corrected chi connectivity index (χ1v) is 4.94. The number of pyridine rings is 1. The fraction of sp³-hybridized carbons (Fsp3) is 0.0833. The van der Waals surface area contributed by atoms with Crippen LogP contribution in [0, 0.1) is 6.92 Å². The minimum Gasteiger partial charge on any atom is -0.508 e. The van der Waals surface area contributed by atoms with E-state index in [-0.39, 0.29) is 5.75 Å². The molecule has 0 saturated heterocycles. The van der Waals surface area contributed by atoms with Crippen LogP contribution in [0.15, 0.2) is 36.5 Å². The first-order chi connectivity index (χ1) is 7.66. The number of benzene rings is 1. The smallest absolute Gasteiger partial charge is 0.153 e. The fourth-order valence-electron chi connectivity index (χ4n) is 1.35. The molecule has 0 aliphatic heterocycles. The maximum atomic E-state index is 9.15. The summed E-state index contributed by atoms with van der Waals surface area (Å²) in [4.78, 5) is 4.16. The second-order valence-electron chi connectivity index (χ2n) is 3.56. The number of hydrogen-bond donors (Lipinski definition) is 3. The van der Waals surface area contributed by atoms with E-state index in [9.17, 15) is 0 Å². The summed E-state index contributed by atoms with van der Waals surface area (Å²) in [6.07, 6.45) is 1.70. The molecular weight excluding hydrogens is 202 g/mol. The second kappa shape index (κ2) is 4.10. The molecule has 82 valence electrons. The molecule has 0 spiro atoms. The highest BCUT2D eigenvalue weighted by Crippen LogP contribution is 2.24. The monoisotopic (exact) mass is 215 g/mol. The minimum atomic E-state index is 0.232. The van der Waals surface area contributed by atoms with Crippen LogP contribution < -0.4 is 11.1 Å². The molecule has 0 fully saturated rings. The van der Waals surface area contributed by atoms with Crippen molar-refractivity contribution < 1.29 is 5.11 Å². The average Bonchev–Trinajstić information content (AvgIpc) is 2.28. The van der Waals surface area contributed by atoms with Gasteiger partial charge in [-0.25, -0.2) is 4.98 Å². The third-order valence-corrected chi connectivity index (χ3v) is 2.34. The van der Waals surface area contributed by atoms with Gasteiger partial charge in [0.15, 0.2) is 5.82 Å². The van der Waals surface area contributed by atoms with E-state index < -0.39 is 0 Å². The summed E-state index contributed by atoms with van der Waals surface area (Å²) in [5.74, 6) is 0.862. The highest BCUT2D eigenvalue weighted by molar-refractivity contribution is 5.71. The number of nitrogens with one attached hydrogen (secondary N) is 1. The Balaban J connectivity index is 2.27. The van der Waals surface area contributed by atoms with Gasteiger partial charge >= 0.3 is 0 Å². The third-order valence-electron chi connectivity index (χ3n) is 2.34. The van der Waals surface area contributed by atoms with E-state index in [4.69, 9.17) is 10.8 Å². The van der Waals surface area contributed by atoms with Gasteiger partial charge in [-0.2, -0.15) is 0 Å². The molecule has 4 heteroatoms. The Morgan fingerprint density at radius 3 is 2.56 bits per heavy atom. The molecule has 0 radical (unpaired) electrons. The minimum absolute atomic E-state index is 0.232. The lowest BCUT2D eigenvalue weighted by Gasteiger charge is -2.09. The number of rotatable bonds is 2. The number of aryl methyl sites for hydroxylation is 1. The fourth-order valence-corrected chi connectivity index (χ4v) is 1.35. The van der Waals surface area contributed by atoms with Crippen LogP contribution in [0.25, 0.3) is 0 Å². The van der Waals surface area contributed by atoms with Gasteiger partial charge in [0.25, 0.3) is 0 Å². The highest BCUT2D eigenvalue weighted by Gasteiger charge is 2.03. The van der Waals surface area contributed by atoms with Crippen molar-refractivity contribution in [2.75, 3.05) is 11.1 Å². The quantitative estimate of drug-likeness (QED) is 0.673. The normalized spacial score (nSPS) is 10.1. The predicted molar refractivity (Wildman–Crippen MR) is 64.8 cm³/mol. The molecule has 1 heterocycles. The van der Waals surface area contributed by atoms with Crippen LogP contribution in [0.4, 0.5) is 17.2 Å². The van der Waals surface area contributed by atoms with Crippen molar-refractivity contribution in [3.05, 3.63) is 42.1 Å². The van der Waals surface area contributed by atoms with Crippen molar-refractivity contribution in [2.24, 2.45) is 0 Å². The maximum absolute atomic E-state index is 9.15. The Bertz CT molecular complexity index is 494. The number of phenolic OH excluding ortho intramolecular Hbond substituents is 1. The molecule has 4 nitrogen and oxygen atoms in total. The largest absolute Gasteiger partial charge is 0.508 e. The number of aromatic nitrogens is 1. The lowest BCUT2D eigenvalue weighted by molar-refractivity contribution is 0.475. The molecule has 16 heavy (non-hydrogen) atoms. The van der Waals surface area contributed by atoms with Crippen molar-refractivity contribution >= 4 is 17.2 Å². The number of nitrogens with zero attached hydrogens (tertiary/aromatic N) is 1. The molecular formula is C12H13N3O. The number of nitrogens with two attached hydrogens (primary N) is 1. The molecule has 0 atom stereocenters. The van der Waals surface area contributed by atoms with Crippen molar-refractivity contribution in [3.8, 4) is 5.75 Å². The summed E-state index contributed by atoms with van der Waals surface area (Å²) in [6.45, 7) is 1.93. The molecule has 0 aliphatic rings. The summed E-state index contributed by atoms with van der Waals surface area (Å²) in [6, 6.07) is 8.59. The Labute approximate surface area is 93.8 Å². The maximum Gasteiger partial charge on any atom is 0.153 e. The zero-order valence-corrected chi connectivity index (χ0v) is 8.94. The van der Waals surface area contributed by atoms with Crippen LogP contribution in [0.5, 0.6) is 5.75 Å². The molecule has 0 amide bonds. The van der Waals surface area contributed by atoms with E-state index in [1.165, 1.54) is 0 Å². The van der Waals surface area contributed by atoms with Crippen LogP contribution in [-0.2, 0) is 0 Å². The lowest BCUT2D eigenvalue weighted by atomic mass is 10.2. The van der Waals surface area contributed by atoms with Crippen LogP contribution >= 0.6 is 0 Å². The second-order valence-corrected chi connectivity index (χ2v) is 3.56. The van der Waals surface area contributed by atoms with E-state index in [0.717, 1.165) is 11.3 Å². The molecule has 0 unspecified atom stereocenters. The van der Waals surface area contributed by atoms with Crippen molar-refractivity contribution in [1.29, 1.82) is 0 Å². The molecule has 4 N–H and O–H groups in total. The van der Waals surface area contributed by atoms with Crippen LogP contribution in [0.1, 0.15) is 5.56 Å². The molecule has 1 aromatic carbocycles. The van der Waals surface area contributed by atoms with Gasteiger partial charge in [-0.1, -0.05) is 0 Å². The lowest BCUT2D eigenvalue weighted by Crippen LogP contribution is -2.00. The van der Waals surface area contributed by atoms with E-state index in [2.05, 4.69) is 10.3 Å². The molecule has 0 saturated carbocycles. The number of anilines is 3. The van der Waals surface area contributed by atoms with Gasteiger partial charge in [0.05, 0.1) is 5.69 Å². The van der Waals surface area contributed by atoms with Gasteiger partial charge in [-0.15, -0.1) is 0 Å². The SMILES string of the molecule is Cc1ccnc(Nc2ccc(O)cc2)c1N. The molecule has 0 bridgehead atoms. The van der Waals surface area contributed by atoms with Gasteiger partial charge < -0.3 is 16.2 Å². The zero-order valence-electron chi connectivity index (χ0n) is 8.94. The van der Waals surface area contributed by atoms with E-state index in [0.29, 0.717) is 11.5 Å². The summed E-state index contributed by atoms with van der Waals surface area (Å²) in [5.41, 5.74) is 8.34. The Hall–Kier alpha value is -2.23. The van der Waals surface area contributed by atoms with Gasteiger partial charge in [0, 0.05) is 11.9 Å². The summed E-state index contributed by atoms with van der Waals surface area (Å²) >= 11 is 0. The van der Waals surface area contributed by atoms with E-state index >= 15 is 0 Å². The molecule has 2 aromatic rings. The molecule has 0 aliphatic carbocycles. The average molecular weight is 215 g/mol. The summed E-state index contributed by atoms with van der Waals surface area (Å²) in [7, 11) is 0. The van der Waals surface area contributed by atoms with Gasteiger partial charge in [0.1, 0.15) is 5.75 Å². The van der Waals surface area contributed by atoms with Gasteiger partial charge in [0.2, 0.25) is 0 Å².